The lowest BCUT2D eigenvalue weighted by Gasteiger charge is -2.30. The molecular formula is C21H27N5O2. The molecule has 0 spiro atoms. The molecule has 3 aromatic heterocycles. The zero-order valence-electron chi connectivity index (χ0n) is 17.2. The minimum absolute atomic E-state index is 0.0610. The first-order valence-corrected chi connectivity index (χ1v) is 9.95. The maximum Gasteiger partial charge on any atom is 0.279 e. The molecule has 0 aromatic carbocycles. The van der Waals surface area contributed by atoms with Gasteiger partial charge in [0.1, 0.15) is 0 Å². The lowest BCUT2D eigenvalue weighted by molar-refractivity contribution is 0.304. The van der Waals surface area contributed by atoms with Crippen LogP contribution in [0, 0.1) is 12.3 Å². The third-order valence-corrected chi connectivity index (χ3v) is 5.68. The Labute approximate surface area is 164 Å². The first-order valence-electron chi connectivity index (χ1n) is 9.95. The highest BCUT2D eigenvalue weighted by Crippen LogP contribution is 2.39. The van der Waals surface area contributed by atoms with E-state index in [4.69, 9.17) is 9.62 Å². The normalized spacial score (nSPS) is 15.6. The summed E-state index contributed by atoms with van der Waals surface area (Å²) in [7, 11) is 0. The number of hydrogen-bond donors (Lipinski definition) is 1. The van der Waals surface area contributed by atoms with Gasteiger partial charge in [-0.2, -0.15) is 10.1 Å². The van der Waals surface area contributed by atoms with E-state index in [2.05, 4.69) is 40.6 Å². The van der Waals surface area contributed by atoms with E-state index in [9.17, 15) is 5.11 Å². The van der Waals surface area contributed by atoms with Gasteiger partial charge in [0.25, 0.3) is 5.89 Å². The quantitative estimate of drug-likeness (QED) is 0.731. The van der Waals surface area contributed by atoms with Crippen LogP contribution in [0.15, 0.2) is 10.6 Å². The predicted octanol–water partition coefficient (Wildman–Crippen LogP) is 4.11. The fraction of sp³-hybridized carbons (Fsp3) is 0.524. The number of aromatic hydroxyl groups is 1. The third-order valence-electron chi connectivity index (χ3n) is 5.68. The summed E-state index contributed by atoms with van der Waals surface area (Å²) < 4.78 is 7.68. The van der Waals surface area contributed by atoms with Crippen molar-refractivity contribution in [2.45, 2.75) is 66.8 Å². The summed E-state index contributed by atoms with van der Waals surface area (Å²) >= 11 is 0. The Kier molecular flexibility index (Phi) is 4.48. The number of hydrogen-bond acceptors (Lipinski definition) is 6. The molecule has 0 amide bonds. The highest BCUT2D eigenvalue weighted by Gasteiger charge is 2.32. The topological polar surface area (TPSA) is 89.9 Å². The van der Waals surface area contributed by atoms with Crippen molar-refractivity contribution in [2.24, 2.45) is 5.41 Å². The standard InChI is InChI=1S/C21H27N5O2/c1-6-13-10-15(12(3)22-19(13)27)18-23-20(28-25-18)17-14-8-9-21(4,5)11-16(14)26(7-2)24-17/h10H,6-9,11H2,1-5H3,(H,22,27). The Balaban J connectivity index is 1.76. The van der Waals surface area contributed by atoms with Crippen LogP contribution in [0.4, 0.5) is 0 Å². The molecule has 7 heteroatoms. The molecule has 0 atom stereocenters. The number of aryl methyl sites for hydroxylation is 3. The van der Waals surface area contributed by atoms with Crippen molar-refractivity contribution >= 4 is 0 Å². The van der Waals surface area contributed by atoms with E-state index in [0.29, 0.717) is 23.8 Å². The molecule has 0 aliphatic heterocycles. The number of nitrogens with zero attached hydrogens (tertiary/aromatic N) is 5. The third kappa shape index (κ3) is 3.08. The predicted molar refractivity (Wildman–Crippen MR) is 106 cm³/mol. The van der Waals surface area contributed by atoms with Gasteiger partial charge in [0, 0.05) is 28.9 Å². The number of aromatic nitrogens is 5. The van der Waals surface area contributed by atoms with Crippen molar-refractivity contribution in [3.8, 4) is 28.9 Å². The molecular weight excluding hydrogens is 354 g/mol. The van der Waals surface area contributed by atoms with Crippen LogP contribution in [0.5, 0.6) is 5.88 Å². The molecule has 0 saturated carbocycles. The van der Waals surface area contributed by atoms with Gasteiger partial charge >= 0.3 is 0 Å². The second-order valence-electron chi connectivity index (χ2n) is 8.31. The average molecular weight is 381 g/mol. The Morgan fingerprint density at radius 1 is 1.25 bits per heavy atom. The molecule has 0 bridgehead atoms. The zero-order chi connectivity index (χ0) is 20.1. The highest BCUT2D eigenvalue weighted by molar-refractivity contribution is 5.63. The molecule has 3 heterocycles. The van der Waals surface area contributed by atoms with Gasteiger partial charge in [0.05, 0.1) is 5.69 Å². The van der Waals surface area contributed by atoms with Gasteiger partial charge in [-0.15, -0.1) is 0 Å². The van der Waals surface area contributed by atoms with Crippen molar-refractivity contribution in [3.05, 3.63) is 28.6 Å². The number of rotatable bonds is 4. The molecule has 148 valence electrons. The molecule has 0 radical (unpaired) electrons. The maximum absolute atomic E-state index is 9.96. The van der Waals surface area contributed by atoms with E-state index in [0.717, 1.165) is 42.6 Å². The molecule has 0 fully saturated rings. The van der Waals surface area contributed by atoms with E-state index in [1.165, 1.54) is 11.3 Å². The van der Waals surface area contributed by atoms with E-state index < -0.39 is 0 Å². The smallest absolute Gasteiger partial charge is 0.279 e. The van der Waals surface area contributed by atoms with Gasteiger partial charge in [-0.05, 0) is 51.0 Å². The van der Waals surface area contributed by atoms with Crippen LogP contribution in [-0.2, 0) is 25.8 Å². The van der Waals surface area contributed by atoms with Crippen LogP contribution in [0.1, 0.15) is 56.6 Å². The van der Waals surface area contributed by atoms with Crippen LogP contribution in [0.25, 0.3) is 23.0 Å². The SMILES string of the molecule is CCc1cc(-c2noc(-c3nn(CC)c4c3CCC(C)(C)C4)n2)c(C)nc1O. The Morgan fingerprint density at radius 3 is 2.75 bits per heavy atom. The van der Waals surface area contributed by atoms with Crippen LogP contribution >= 0.6 is 0 Å². The lowest BCUT2D eigenvalue weighted by Crippen LogP contribution is -2.24. The molecule has 3 aromatic rings. The molecule has 1 aliphatic rings. The summed E-state index contributed by atoms with van der Waals surface area (Å²) in [5, 5.41) is 18.9. The Bertz CT molecular complexity index is 1030. The molecule has 28 heavy (non-hydrogen) atoms. The van der Waals surface area contributed by atoms with Gasteiger partial charge in [-0.25, -0.2) is 4.98 Å². The largest absolute Gasteiger partial charge is 0.493 e. The van der Waals surface area contributed by atoms with Crippen LogP contribution in [0.3, 0.4) is 0 Å². The van der Waals surface area contributed by atoms with Gasteiger partial charge in [0.15, 0.2) is 5.69 Å². The molecule has 7 nitrogen and oxygen atoms in total. The zero-order valence-corrected chi connectivity index (χ0v) is 17.2. The second-order valence-corrected chi connectivity index (χ2v) is 8.31. The minimum Gasteiger partial charge on any atom is -0.493 e. The molecule has 0 saturated heterocycles. The fourth-order valence-electron chi connectivity index (χ4n) is 3.98. The lowest BCUT2D eigenvalue weighted by atomic mass is 9.76. The highest BCUT2D eigenvalue weighted by atomic mass is 16.5. The number of fused-ring (bicyclic) bond motifs is 1. The first kappa shape index (κ1) is 18.7. The Morgan fingerprint density at radius 2 is 2.04 bits per heavy atom. The number of pyridine rings is 1. The summed E-state index contributed by atoms with van der Waals surface area (Å²) in [6, 6.07) is 1.88. The second kappa shape index (κ2) is 6.72. The summed E-state index contributed by atoms with van der Waals surface area (Å²) in [4.78, 5) is 8.85. The van der Waals surface area contributed by atoms with Crippen LogP contribution in [0.2, 0.25) is 0 Å². The van der Waals surface area contributed by atoms with E-state index in [-0.39, 0.29) is 11.3 Å². The van der Waals surface area contributed by atoms with Crippen molar-refractivity contribution in [3.63, 3.8) is 0 Å². The van der Waals surface area contributed by atoms with E-state index >= 15 is 0 Å². The summed E-state index contributed by atoms with van der Waals surface area (Å²) in [5.74, 6) is 0.986. The van der Waals surface area contributed by atoms with Crippen LogP contribution in [-0.4, -0.2) is 30.0 Å². The molecule has 0 unspecified atom stereocenters. The van der Waals surface area contributed by atoms with E-state index in [1.54, 1.807) is 0 Å². The fourth-order valence-corrected chi connectivity index (χ4v) is 3.98. The summed E-state index contributed by atoms with van der Waals surface area (Å²) in [6.07, 6.45) is 3.77. The molecule has 1 N–H and O–H groups in total. The Hall–Kier alpha value is -2.70. The van der Waals surface area contributed by atoms with Crippen molar-refractivity contribution in [1.82, 2.24) is 24.9 Å². The van der Waals surface area contributed by atoms with Crippen molar-refractivity contribution < 1.29 is 9.63 Å². The summed E-state index contributed by atoms with van der Waals surface area (Å²) in [5.41, 5.74) is 5.80. The van der Waals surface area contributed by atoms with Gasteiger partial charge < -0.3 is 9.63 Å². The summed E-state index contributed by atoms with van der Waals surface area (Å²) in [6.45, 7) is 11.3. The van der Waals surface area contributed by atoms with Crippen LogP contribution < -0.4 is 0 Å². The van der Waals surface area contributed by atoms with Gasteiger partial charge in [-0.1, -0.05) is 25.9 Å². The van der Waals surface area contributed by atoms with Gasteiger partial charge in [-0.3, -0.25) is 4.68 Å². The average Bonchev–Trinajstić information content (AvgIpc) is 3.25. The van der Waals surface area contributed by atoms with Crippen molar-refractivity contribution in [2.75, 3.05) is 0 Å². The van der Waals surface area contributed by atoms with Gasteiger partial charge in [0.2, 0.25) is 11.7 Å². The van der Waals surface area contributed by atoms with E-state index in [1.807, 2.05) is 19.9 Å². The molecule has 1 aliphatic carbocycles. The maximum atomic E-state index is 9.96. The first-order chi connectivity index (χ1) is 13.3. The van der Waals surface area contributed by atoms with Crippen molar-refractivity contribution in [1.29, 1.82) is 0 Å². The molecule has 4 rings (SSSR count). The monoisotopic (exact) mass is 381 g/mol. The minimum atomic E-state index is 0.0610.